The molecule has 0 spiro atoms. The van der Waals surface area contributed by atoms with Crippen LogP contribution in [0.3, 0.4) is 0 Å². The van der Waals surface area contributed by atoms with Crippen molar-refractivity contribution in [3.05, 3.63) is 0 Å². The van der Waals surface area contributed by atoms with Gasteiger partial charge >= 0.3 is 12.0 Å². The van der Waals surface area contributed by atoms with E-state index in [0.29, 0.717) is 38.6 Å². The summed E-state index contributed by atoms with van der Waals surface area (Å²) >= 11 is 0. The van der Waals surface area contributed by atoms with Crippen LogP contribution >= 0.6 is 0 Å². The lowest BCUT2D eigenvalue weighted by atomic mass is 10.1. The number of rotatable bonds is 4. The summed E-state index contributed by atoms with van der Waals surface area (Å²) < 4.78 is 10.3. The molecule has 20 heavy (non-hydrogen) atoms. The average molecular weight is 286 g/mol. The number of carbonyl (C=O) groups excluding carboxylic acids is 1. The molecule has 0 aromatic rings. The van der Waals surface area contributed by atoms with Crippen molar-refractivity contribution in [3.63, 3.8) is 0 Å². The maximum atomic E-state index is 12.5. The van der Waals surface area contributed by atoms with E-state index in [9.17, 15) is 14.7 Å². The molecule has 0 radical (unpaired) electrons. The van der Waals surface area contributed by atoms with Gasteiger partial charge in [0.2, 0.25) is 0 Å². The van der Waals surface area contributed by atoms with Gasteiger partial charge in [0.05, 0.1) is 12.7 Å². The number of carboxylic acids is 1. The van der Waals surface area contributed by atoms with Crippen molar-refractivity contribution in [2.75, 3.05) is 40.5 Å². The fraction of sp³-hybridized carbons (Fsp3) is 0.846. The Bertz CT molecular complexity index is 376. The van der Waals surface area contributed by atoms with Crippen molar-refractivity contribution in [2.45, 2.75) is 25.0 Å². The molecule has 114 valence electrons. The first-order valence-electron chi connectivity index (χ1n) is 6.86. The molecule has 2 saturated heterocycles. The number of carbonyl (C=O) groups is 2. The summed E-state index contributed by atoms with van der Waals surface area (Å²) in [6, 6.07) is -0.982. The normalized spacial score (nSPS) is 30.0. The predicted molar refractivity (Wildman–Crippen MR) is 70.5 cm³/mol. The molecule has 0 aliphatic carbocycles. The molecule has 0 saturated carbocycles. The Labute approximate surface area is 118 Å². The molecule has 2 amide bonds. The molecule has 7 heteroatoms. The third-order valence-electron chi connectivity index (χ3n) is 4.09. The van der Waals surface area contributed by atoms with Crippen LogP contribution in [0.4, 0.5) is 4.79 Å². The highest BCUT2D eigenvalue weighted by Gasteiger charge is 2.42. The lowest BCUT2D eigenvalue weighted by Crippen LogP contribution is -2.47. The van der Waals surface area contributed by atoms with Gasteiger partial charge in [0.25, 0.3) is 0 Å². The SMILES string of the molecule is COCC1CCN(C(=O)N2CC(OC)CC2C(=O)O)C1. The molecule has 3 unspecified atom stereocenters. The summed E-state index contributed by atoms with van der Waals surface area (Å²) in [7, 11) is 3.19. The molecular weight excluding hydrogens is 264 g/mol. The van der Waals surface area contributed by atoms with Crippen molar-refractivity contribution in [1.82, 2.24) is 9.80 Å². The molecule has 0 bridgehead atoms. The minimum atomic E-state index is -0.967. The van der Waals surface area contributed by atoms with Crippen LogP contribution in [0.25, 0.3) is 0 Å². The van der Waals surface area contributed by atoms with E-state index in [0.717, 1.165) is 6.42 Å². The molecule has 0 aromatic heterocycles. The minimum absolute atomic E-state index is 0.197. The molecular formula is C13H22N2O5. The first-order valence-corrected chi connectivity index (χ1v) is 6.86. The van der Waals surface area contributed by atoms with Crippen molar-refractivity contribution >= 4 is 12.0 Å². The van der Waals surface area contributed by atoms with E-state index in [-0.39, 0.29) is 12.1 Å². The number of amides is 2. The molecule has 2 fully saturated rings. The van der Waals surface area contributed by atoms with Crippen molar-refractivity contribution in [3.8, 4) is 0 Å². The van der Waals surface area contributed by atoms with Crippen LogP contribution in [0.15, 0.2) is 0 Å². The zero-order chi connectivity index (χ0) is 14.7. The topological polar surface area (TPSA) is 79.3 Å². The summed E-state index contributed by atoms with van der Waals surface area (Å²) in [4.78, 5) is 26.9. The van der Waals surface area contributed by atoms with Gasteiger partial charge in [0.15, 0.2) is 0 Å². The van der Waals surface area contributed by atoms with Crippen LogP contribution in [-0.4, -0.2) is 79.5 Å². The molecule has 2 rings (SSSR count). The molecule has 2 heterocycles. The third kappa shape index (κ3) is 3.04. The van der Waals surface area contributed by atoms with E-state index in [1.54, 1.807) is 19.1 Å². The number of urea groups is 1. The molecule has 1 N–H and O–H groups in total. The van der Waals surface area contributed by atoms with Crippen LogP contribution in [-0.2, 0) is 14.3 Å². The number of aliphatic carboxylic acids is 1. The second kappa shape index (κ2) is 6.41. The molecule has 7 nitrogen and oxygen atoms in total. The first-order chi connectivity index (χ1) is 9.56. The Kier molecular flexibility index (Phi) is 4.82. The van der Waals surface area contributed by atoms with E-state index in [4.69, 9.17) is 9.47 Å². The van der Waals surface area contributed by atoms with Gasteiger partial charge in [-0.1, -0.05) is 0 Å². The van der Waals surface area contributed by atoms with Gasteiger partial charge in [-0.2, -0.15) is 0 Å². The highest BCUT2D eigenvalue weighted by molar-refractivity contribution is 5.83. The Hall–Kier alpha value is -1.34. The van der Waals surface area contributed by atoms with Crippen molar-refractivity contribution in [2.24, 2.45) is 5.92 Å². The number of hydrogen-bond acceptors (Lipinski definition) is 4. The van der Waals surface area contributed by atoms with Gasteiger partial charge in [-0.25, -0.2) is 9.59 Å². The highest BCUT2D eigenvalue weighted by atomic mass is 16.5. The minimum Gasteiger partial charge on any atom is -0.480 e. The van der Waals surface area contributed by atoms with Crippen LogP contribution in [0, 0.1) is 5.92 Å². The van der Waals surface area contributed by atoms with E-state index in [1.165, 1.54) is 4.90 Å². The van der Waals surface area contributed by atoms with Gasteiger partial charge in [-0.15, -0.1) is 0 Å². The second-order valence-corrected chi connectivity index (χ2v) is 5.44. The fourth-order valence-electron chi connectivity index (χ4n) is 2.97. The van der Waals surface area contributed by atoms with Gasteiger partial charge < -0.3 is 24.4 Å². The molecule has 3 atom stereocenters. The number of carboxylic acid groups (broad SMARTS) is 1. The lowest BCUT2D eigenvalue weighted by Gasteiger charge is -2.27. The van der Waals surface area contributed by atoms with E-state index >= 15 is 0 Å². The number of likely N-dealkylation sites (tertiary alicyclic amines) is 2. The Balaban J connectivity index is 1.99. The third-order valence-corrected chi connectivity index (χ3v) is 4.09. The number of ether oxygens (including phenoxy) is 2. The monoisotopic (exact) mass is 286 g/mol. The van der Waals surface area contributed by atoms with Crippen LogP contribution in [0.1, 0.15) is 12.8 Å². The Morgan fingerprint density at radius 1 is 1.30 bits per heavy atom. The molecule has 2 aliphatic heterocycles. The largest absolute Gasteiger partial charge is 0.480 e. The van der Waals surface area contributed by atoms with Crippen LogP contribution in [0.2, 0.25) is 0 Å². The van der Waals surface area contributed by atoms with Crippen molar-refractivity contribution in [1.29, 1.82) is 0 Å². The van der Waals surface area contributed by atoms with Crippen LogP contribution < -0.4 is 0 Å². The summed E-state index contributed by atoms with van der Waals surface area (Å²) in [6.07, 6.45) is 1.06. The summed E-state index contributed by atoms with van der Waals surface area (Å²) in [5, 5.41) is 9.24. The van der Waals surface area contributed by atoms with Gasteiger partial charge in [-0.05, 0) is 6.42 Å². The molecule has 2 aliphatic rings. The first kappa shape index (κ1) is 15.1. The smallest absolute Gasteiger partial charge is 0.326 e. The van der Waals surface area contributed by atoms with Gasteiger partial charge in [0.1, 0.15) is 6.04 Å². The van der Waals surface area contributed by atoms with E-state index < -0.39 is 12.0 Å². The lowest BCUT2D eigenvalue weighted by molar-refractivity contribution is -0.141. The Morgan fingerprint density at radius 3 is 2.65 bits per heavy atom. The molecule has 0 aromatic carbocycles. The average Bonchev–Trinajstić information content (AvgIpc) is 3.04. The zero-order valence-corrected chi connectivity index (χ0v) is 11.9. The summed E-state index contributed by atoms with van der Waals surface area (Å²) in [5.74, 6) is -0.626. The standard InChI is InChI=1S/C13H22N2O5/c1-19-8-9-3-4-14(6-9)13(18)15-7-10(20-2)5-11(15)12(16)17/h9-11H,3-8H2,1-2H3,(H,16,17). The summed E-state index contributed by atoms with van der Waals surface area (Å²) in [5.41, 5.74) is 0. The van der Waals surface area contributed by atoms with E-state index in [2.05, 4.69) is 0 Å². The van der Waals surface area contributed by atoms with Crippen molar-refractivity contribution < 1.29 is 24.2 Å². The number of nitrogens with zero attached hydrogens (tertiary/aromatic N) is 2. The quantitative estimate of drug-likeness (QED) is 0.801. The van der Waals surface area contributed by atoms with Gasteiger partial charge in [-0.3, -0.25) is 0 Å². The number of methoxy groups -OCH3 is 2. The van der Waals surface area contributed by atoms with Gasteiger partial charge in [0, 0.05) is 46.2 Å². The maximum Gasteiger partial charge on any atom is 0.326 e. The predicted octanol–water partition coefficient (Wildman–Crippen LogP) is 0.249. The zero-order valence-electron chi connectivity index (χ0n) is 11.9. The number of hydrogen-bond donors (Lipinski definition) is 1. The van der Waals surface area contributed by atoms with E-state index in [1.807, 2.05) is 0 Å². The fourth-order valence-corrected chi connectivity index (χ4v) is 2.97. The van der Waals surface area contributed by atoms with Crippen LogP contribution in [0.5, 0.6) is 0 Å². The maximum absolute atomic E-state index is 12.5. The second-order valence-electron chi connectivity index (χ2n) is 5.44. The summed E-state index contributed by atoms with van der Waals surface area (Å²) in [6.45, 7) is 2.27. The Morgan fingerprint density at radius 2 is 2.05 bits per heavy atom. The highest BCUT2D eigenvalue weighted by Crippen LogP contribution is 2.25.